The maximum absolute atomic E-state index is 12.6. The minimum absolute atomic E-state index is 0.100. The summed E-state index contributed by atoms with van der Waals surface area (Å²) in [6, 6.07) is 17.5. The van der Waals surface area contributed by atoms with Crippen LogP contribution in [0.15, 0.2) is 60.9 Å². The van der Waals surface area contributed by atoms with Gasteiger partial charge < -0.3 is 5.32 Å². The molecule has 0 aliphatic heterocycles. The highest BCUT2D eigenvalue weighted by atomic mass is 16.1. The van der Waals surface area contributed by atoms with E-state index in [-0.39, 0.29) is 11.8 Å². The van der Waals surface area contributed by atoms with Crippen LogP contribution < -0.4 is 5.32 Å². The number of nitrogens with one attached hydrogen (secondary N) is 1. The first-order valence-corrected chi connectivity index (χ1v) is 8.31. The smallest absolute Gasteiger partial charge is 0.251 e. The van der Waals surface area contributed by atoms with Crippen LogP contribution >= 0.6 is 0 Å². The molecule has 1 heterocycles. The van der Waals surface area contributed by atoms with Crippen LogP contribution in [-0.4, -0.2) is 32.7 Å². The molecule has 1 N–H and O–H groups in total. The van der Waals surface area contributed by atoms with E-state index in [0.717, 1.165) is 5.69 Å². The lowest BCUT2D eigenvalue weighted by Gasteiger charge is -2.22. The third-order valence-electron chi connectivity index (χ3n) is 4.24. The van der Waals surface area contributed by atoms with Crippen LogP contribution in [0.5, 0.6) is 0 Å². The van der Waals surface area contributed by atoms with E-state index in [0.29, 0.717) is 18.0 Å². The van der Waals surface area contributed by atoms with Crippen LogP contribution in [0.4, 0.5) is 0 Å². The highest BCUT2D eigenvalue weighted by Crippen LogP contribution is 2.23. The molecule has 3 rings (SSSR count). The summed E-state index contributed by atoms with van der Waals surface area (Å²) in [6.45, 7) is 4.93. The Bertz CT molecular complexity index is 815. The van der Waals surface area contributed by atoms with Crippen LogP contribution in [0.1, 0.15) is 35.7 Å². The highest BCUT2D eigenvalue weighted by molar-refractivity contribution is 5.94. The molecule has 0 fully saturated rings. The highest BCUT2D eigenvalue weighted by Gasteiger charge is 2.17. The van der Waals surface area contributed by atoms with E-state index >= 15 is 0 Å². The van der Waals surface area contributed by atoms with Gasteiger partial charge in [-0.3, -0.25) is 4.79 Å². The Balaban J connectivity index is 1.71. The van der Waals surface area contributed by atoms with Gasteiger partial charge in [0, 0.05) is 18.0 Å². The van der Waals surface area contributed by atoms with Crippen molar-refractivity contribution in [2.45, 2.75) is 19.8 Å². The molecular formula is C19H21N5O. The summed E-state index contributed by atoms with van der Waals surface area (Å²) < 4.78 is 1.53. The van der Waals surface area contributed by atoms with Gasteiger partial charge in [-0.2, -0.15) is 0 Å². The molecule has 1 amide bonds. The van der Waals surface area contributed by atoms with Gasteiger partial charge in [0.15, 0.2) is 0 Å². The maximum atomic E-state index is 12.6. The molecule has 0 saturated carbocycles. The van der Waals surface area contributed by atoms with Crippen molar-refractivity contribution < 1.29 is 4.79 Å². The van der Waals surface area contributed by atoms with Gasteiger partial charge in [0.05, 0.1) is 5.69 Å². The fourth-order valence-corrected chi connectivity index (χ4v) is 2.81. The molecule has 0 aliphatic rings. The predicted octanol–water partition coefficient (Wildman–Crippen LogP) is 2.83. The van der Waals surface area contributed by atoms with E-state index in [9.17, 15) is 4.79 Å². The van der Waals surface area contributed by atoms with Crippen LogP contribution in [0.2, 0.25) is 0 Å². The summed E-state index contributed by atoms with van der Waals surface area (Å²) in [5.74, 6) is 0.597. The number of nitrogens with zero attached hydrogens (tertiary/aromatic N) is 4. The average molecular weight is 335 g/mol. The molecule has 0 aliphatic carbocycles. The van der Waals surface area contributed by atoms with Crippen LogP contribution in [0.25, 0.3) is 5.69 Å². The van der Waals surface area contributed by atoms with Crippen molar-refractivity contribution in [2.75, 3.05) is 6.54 Å². The molecule has 0 saturated heterocycles. The van der Waals surface area contributed by atoms with E-state index in [1.165, 1.54) is 16.6 Å². The zero-order valence-electron chi connectivity index (χ0n) is 14.3. The molecule has 6 heteroatoms. The molecule has 6 nitrogen and oxygen atoms in total. The number of hydrogen-bond donors (Lipinski definition) is 1. The summed E-state index contributed by atoms with van der Waals surface area (Å²) >= 11 is 0. The lowest BCUT2D eigenvalue weighted by molar-refractivity contribution is 0.0949. The zero-order chi connectivity index (χ0) is 17.6. The first kappa shape index (κ1) is 16.8. The second-order valence-corrected chi connectivity index (χ2v) is 6.28. The number of carbonyl (C=O) groups excluding carboxylic acids is 1. The van der Waals surface area contributed by atoms with Gasteiger partial charge in [-0.15, -0.1) is 5.10 Å². The summed E-state index contributed by atoms with van der Waals surface area (Å²) in [5, 5.41) is 14.1. The Kier molecular flexibility index (Phi) is 5.18. The lowest BCUT2D eigenvalue weighted by Crippen LogP contribution is -2.30. The van der Waals surface area contributed by atoms with Gasteiger partial charge in [0.2, 0.25) is 0 Å². The monoisotopic (exact) mass is 335 g/mol. The van der Waals surface area contributed by atoms with Gasteiger partial charge in [-0.1, -0.05) is 50.2 Å². The summed E-state index contributed by atoms with van der Waals surface area (Å²) in [5.41, 5.74) is 2.57. The molecule has 1 unspecified atom stereocenters. The summed E-state index contributed by atoms with van der Waals surface area (Å²) in [4.78, 5) is 12.6. The van der Waals surface area contributed by atoms with Crippen LogP contribution in [0, 0.1) is 5.92 Å². The van der Waals surface area contributed by atoms with Crippen molar-refractivity contribution in [3.05, 3.63) is 72.1 Å². The van der Waals surface area contributed by atoms with Gasteiger partial charge in [0.1, 0.15) is 6.33 Å². The van der Waals surface area contributed by atoms with Crippen molar-refractivity contribution in [2.24, 2.45) is 5.92 Å². The number of tetrazole rings is 1. The Morgan fingerprint density at radius 1 is 1.12 bits per heavy atom. The molecule has 1 atom stereocenters. The Labute approximate surface area is 146 Å². The first-order valence-electron chi connectivity index (χ1n) is 8.31. The Hall–Kier alpha value is -3.02. The maximum Gasteiger partial charge on any atom is 0.251 e. The predicted molar refractivity (Wildman–Crippen MR) is 95.5 cm³/mol. The second kappa shape index (κ2) is 7.70. The largest absolute Gasteiger partial charge is 0.351 e. The Morgan fingerprint density at radius 3 is 2.60 bits per heavy atom. The number of benzene rings is 2. The quantitative estimate of drug-likeness (QED) is 0.752. The standard InChI is InChI=1S/C19H21N5O/c1-14(2)18(15-7-4-3-5-8-15)12-20-19(25)16-9-6-10-17(11-16)24-13-21-22-23-24/h3-11,13-14,18H,12H2,1-2H3,(H,20,25). The lowest BCUT2D eigenvalue weighted by atomic mass is 9.88. The van der Waals surface area contributed by atoms with Gasteiger partial charge >= 0.3 is 0 Å². The second-order valence-electron chi connectivity index (χ2n) is 6.28. The Morgan fingerprint density at radius 2 is 1.92 bits per heavy atom. The molecule has 128 valence electrons. The third-order valence-corrected chi connectivity index (χ3v) is 4.24. The fourth-order valence-electron chi connectivity index (χ4n) is 2.81. The van der Waals surface area contributed by atoms with Gasteiger partial charge in [0.25, 0.3) is 5.91 Å². The topological polar surface area (TPSA) is 72.7 Å². The number of carbonyl (C=O) groups is 1. The van der Waals surface area contributed by atoms with Crippen molar-refractivity contribution >= 4 is 5.91 Å². The minimum Gasteiger partial charge on any atom is -0.351 e. The normalized spacial score (nSPS) is 12.1. The first-order chi connectivity index (χ1) is 12.1. The molecule has 2 aromatic carbocycles. The van der Waals surface area contributed by atoms with E-state index in [2.05, 4.69) is 46.8 Å². The van der Waals surface area contributed by atoms with E-state index in [1.807, 2.05) is 30.3 Å². The van der Waals surface area contributed by atoms with Crippen LogP contribution in [-0.2, 0) is 0 Å². The SMILES string of the molecule is CC(C)C(CNC(=O)c1cccc(-n2cnnn2)c1)c1ccccc1. The fraction of sp³-hybridized carbons (Fsp3) is 0.263. The van der Waals surface area contributed by atoms with Gasteiger partial charge in [-0.05, 0) is 40.1 Å². The number of rotatable bonds is 6. The van der Waals surface area contributed by atoms with E-state index in [4.69, 9.17) is 0 Å². The van der Waals surface area contributed by atoms with Crippen molar-refractivity contribution in [3.8, 4) is 5.69 Å². The molecule has 0 bridgehead atoms. The third kappa shape index (κ3) is 4.09. The molecule has 25 heavy (non-hydrogen) atoms. The van der Waals surface area contributed by atoms with Crippen LogP contribution in [0.3, 0.4) is 0 Å². The van der Waals surface area contributed by atoms with Crippen molar-refractivity contribution in [3.63, 3.8) is 0 Å². The molecule has 3 aromatic rings. The van der Waals surface area contributed by atoms with Gasteiger partial charge in [-0.25, -0.2) is 4.68 Å². The summed E-state index contributed by atoms with van der Waals surface area (Å²) in [7, 11) is 0. The number of hydrogen-bond acceptors (Lipinski definition) is 4. The average Bonchev–Trinajstić information content (AvgIpc) is 3.17. The van der Waals surface area contributed by atoms with E-state index < -0.39 is 0 Å². The number of aromatic nitrogens is 4. The zero-order valence-corrected chi connectivity index (χ0v) is 14.3. The molecular weight excluding hydrogens is 314 g/mol. The van der Waals surface area contributed by atoms with E-state index in [1.54, 1.807) is 12.1 Å². The molecule has 1 aromatic heterocycles. The van der Waals surface area contributed by atoms with Crippen molar-refractivity contribution in [1.82, 2.24) is 25.5 Å². The summed E-state index contributed by atoms with van der Waals surface area (Å²) in [6.07, 6.45) is 1.50. The minimum atomic E-state index is -0.100. The number of amides is 1. The molecule has 0 spiro atoms. The molecule has 0 radical (unpaired) electrons. The van der Waals surface area contributed by atoms with Crippen molar-refractivity contribution in [1.29, 1.82) is 0 Å².